The largest absolute Gasteiger partial charge is 0.371 e. The Kier molecular flexibility index (Phi) is 4.40. The van der Waals surface area contributed by atoms with E-state index in [0.29, 0.717) is 18.8 Å². The number of carbonyl (C=O) groups is 1. The van der Waals surface area contributed by atoms with E-state index in [4.69, 9.17) is 0 Å². The molecule has 0 saturated heterocycles. The van der Waals surface area contributed by atoms with Gasteiger partial charge in [0, 0.05) is 32.1 Å². The van der Waals surface area contributed by atoms with Crippen molar-refractivity contribution >= 4 is 11.7 Å². The van der Waals surface area contributed by atoms with Gasteiger partial charge in [-0.25, -0.2) is 14.3 Å². The molecule has 1 amide bonds. The molecule has 150 valence electrons. The van der Waals surface area contributed by atoms with Crippen LogP contribution in [0.4, 0.5) is 5.82 Å². The van der Waals surface area contributed by atoms with E-state index in [1.807, 2.05) is 28.9 Å². The molecule has 3 atom stereocenters. The van der Waals surface area contributed by atoms with Crippen molar-refractivity contribution in [2.75, 3.05) is 11.9 Å². The molecule has 2 aliphatic rings. The van der Waals surface area contributed by atoms with Gasteiger partial charge in [0.15, 0.2) is 12.1 Å². The van der Waals surface area contributed by atoms with Crippen molar-refractivity contribution in [2.45, 2.75) is 44.1 Å². The van der Waals surface area contributed by atoms with Crippen molar-refractivity contribution in [1.29, 1.82) is 0 Å². The second-order valence-corrected chi connectivity index (χ2v) is 7.52. The minimum absolute atomic E-state index is 0.114. The Morgan fingerprint density at radius 3 is 2.76 bits per heavy atom. The zero-order valence-electron chi connectivity index (χ0n) is 16.1. The molecule has 2 unspecified atom stereocenters. The lowest BCUT2D eigenvalue weighted by Crippen LogP contribution is -2.45. The number of nitrogens with one attached hydrogen (secondary N) is 1. The molecule has 2 aliphatic heterocycles. The maximum absolute atomic E-state index is 12.8. The number of aryl methyl sites for hydroxylation is 2. The van der Waals surface area contributed by atoms with E-state index in [1.165, 1.54) is 5.56 Å². The van der Waals surface area contributed by atoms with Crippen molar-refractivity contribution in [2.24, 2.45) is 0 Å². The van der Waals surface area contributed by atoms with Gasteiger partial charge in [-0.3, -0.25) is 15.0 Å². The summed E-state index contributed by atoms with van der Waals surface area (Å²) in [5, 5.41) is 22.4. The van der Waals surface area contributed by atoms with E-state index in [9.17, 15) is 9.90 Å². The molecule has 0 bridgehead atoms. The highest BCUT2D eigenvalue weighted by Gasteiger charge is 2.33. The summed E-state index contributed by atoms with van der Waals surface area (Å²) in [6.45, 7) is 1.35. The fraction of sp³-hybridized carbons (Fsp3) is 0.400. The monoisotopic (exact) mass is 393 g/mol. The quantitative estimate of drug-likeness (QED) is 0.642. The third-order valence-electron chi connectivity index (χ3n) is 5.76. The van der Waals surface area contributed by atoms with Gasteiger partial charge in [-0.15, -0.1) is 0 Å². The number of anilines is 1. The van der Waals surface area contributed by atoms with E-state index in [1.54, 1.807) is 22.8 Å². The first kappa shape index (κ1) is 18.0. The summed E-state index contributed by atoms with van der Waals surface area (Å²) in [4.78, 5) is 19.0. The SMILES string of the molecule is CN1C(=O)[C@@H](NC(O)c2nc3n(n2)CCC3c2ccccc2)CCn2nccc21. The number of fused-ring (bicyclic) bond motifs is 2. The van der Waals surface area contributed by atoms with Crippen LogP contribution in [-0.2, 0) is 17.9 Å². The van der Waals surface area contributed by atoms with Crippen LogP contribution in [0, 0.1) is 0 Å². The molecule has 2 aromatic heterocycles. The van der Waals surface area contributed by atoms with Gasteiger partial charge in [-0.2, -0.15) is 10.2 Å². The first-order valence-corrected chi connectivity index (χ1v) is 9.85. The Labute approximate surface area is 168 Å². The third-order valence-corrected chi connectivity index (χ3v) is 5.76. The molecule has 0 aliphatic carbocycles. The maximum Gasteiger partial charge on any atom is 0.245 e. The average molecular weight is 393 g/mol. The molecule has 0 radical (unpaired) electrons. The number of benzene rings is 1. The van der Waals surface area contributed by atoms with Gasteiger partial charge in [-0.1, -0.05) is 30.3 Å². The topological polar surface area (TPSA) is 101 Å². The second-order valence-electron chi connectivity index (χ2n) is 7.52. The van der Waals surface area contributed by atoms with Crippen molar-refractivity contribution in [3.8, 4) is 0 Å². The summed E-state index contributed by atoms with van der Waals surface area (Å²) in [5.74, 6) is 1.97. The van der Waals surface area contributed by atoms with E-state index in [0.717, 1.165) is 24.6 Å². The molecule has 9 heteroatoms. The van der Waals surface area contributed by atoms with Crippen molar-refractivity contribution < 1.29 is 9.90 Å². The van der Waals surface area contributed by atoms with Crippen LogP contribution in [0.15, 0.2) is 42.6 Å². The Morgan fingerprint density at radius 1 is 1.14 bits per heavy atom. The normalized spacial score (nSPS) is 22.3. The first-order valence-electron chi connectivity index (χ1n) is 9.85. The number of aliphatic hydroxyl groups excluding tert-OH is 1. The van der Waals surface area contributed by atoms with E-state index < -0.39 is 12.3 Å². The molecule has 0 fully saturated rings. The van der Waals surface area contributed by atoms with Gasteiger partial charge in [0.1, 0.15) is 11.6 Å². The molecular formula is C20H23N7O2. The summed E-state index contributed by atoms with van der Waals surface area (Å²) in [6.07, 6.45) is 2.04. The summed E-state index contributed by atoms with van der Waals surface area (Å²) in [6, 6.07) is 11.5. The number of nitrogens with zero attached hydrogens (tertiary/aromatic N) is 6. The Morgan fingerprint density at radius 2 is 1.93 bits per heavy atom. The van der Waals surface area contributed by atoms with Gasteiger partial charge >= 0.3 is 0 Å². The van der Waals surface area contributed by atoms with Crippen LogP contribution in [-0.4, -0.2) is 48.6 Å². The highest BCUT2D eigenvalue weighted by atomic mass is 16.3. The first-order chi connectivity index (χ1) is 14.1. The van der Waals surface area contributed by atoms with Crippen LogP contribution < -0.4 is 10.2 Å². The van der Waals surface area contributed by atoms with Crippen LogP contribution in [0.5, 0.6) is 0 Å². The molecule has 9 nitrogen and oxygen atoms in total. The lowest BCUT2D eigenvalue weighted by atomic mass is 9.97. The molecular weight excluding hydrogens is 370 g/mol. The lowest BCUT2D eigenvalue weighted by molar-refractivity contribution is -0.121. The summed E-state index contributed by atoms with van der Waals surface area (Å²) in [5.41, 5.74) is 1.20. The van der Waals surface area contributed by atoms with Gasteiger partial charge < -0.3 is 5.11 Å². The van der Waals surface area contributed by atoms with Gasteiger partial charge in [0.2, 0.25) is 5.91 Å². The second kappa shape index (κ2) is 7.09. The molecule has 3 aromatic rings. The number of amides is 1. The predicted octanol–water partition coefficient (Wildman–Crippen LogP) is 1.03. The van der Waals surface area contributed by atoms with Crippen LogP contribution in [0.3, 0.4) is 0 Å². The number of hydrogen-bond acceptors (Lipinski definition) is 6. The van der Waals surface area contributed by atoms with Gasteiger partial charge in [0.25, 0.3) is 0 Å². The van der Waals surface area contributed by atoms with Gasteiger partial charge in [0.05, 0.1) is 12.2 Å². The molecule has 5 rings (SSSR count). The Balaban J connectivity index is 1.33. The smallest absolute Gasteiger partial charge is 0.245 e. The summed E-state index contributed by atoms with van der Waals surface area (Å²) < 4.78 is 3.65. The number of carbonyl (C=O) groups excluding carboxylic acids is 1. The molecule has 0 saturated carbocycles. The van der Waals surface area contributed by atoms with Crippen LogP contribution in [0.25, 0.3) is 0 Å². The maximum atomic E-state index is 12.8. The number of rotatable bonds is 4. The summed E-state index contributed by atoms with van der Waals surface area (Å²) >= 11 is 0. The number of aromatic nitrogens is 5. The third kappa shape index (κ3) is 3.12. The minimum Gasteiger partial charge on any atom is -0.371 e. The fourth-order valence-electron chi connectivity index (χ4n) is 4.22. The number of hydrogen-bond donors (Lipinski definition) is 2. The highest BCUT2D eigenvalue weighted by Crippen LogP contribution is 2.33. The number of aliphatic hydroxyl groups is 1. The fourth-order valence-corrected chi connectivity index (χ4v) is 4.22. The molecule has 29 heavy (non-hydrogen) atoms. The Bertz CT molecular complexity index is 1030. The molecule has 4 heterocycles. The van der Waals surface area contributed by atoms with Crippen LogP contribution in [0.2, 0.25) is 0 Å². The molecule has 2 N–H and O–H groups in total. The van der Waals surface area contributed by atoms with Crippen molar-refractivity contribution in [1.82, 2.24) is 29.9 Å². The zero-order valence-corrected chi connectivity index (χ0v) is 16.1. The van der Waals surface area contributed by atoms with E-state index in [-0.39, 0.29) is 11.8 Å². The Hall–Kier alpha value is -3.04. The zero-order chi connectivity index (χ0) is 20.0. The van der Waals surface area contributed by atoms with Crippen molar-refractivity contribution in [3.63, 3.8) is 0 Å². The molecule has 1 aromatic carbocycles. The van der Waals surface area contributed by atoms with Crippen LogP contribution >= 0.6 is 0 Å². The van der Waals surface area contributed by atoms with Crippen LogP contribution in [0.1, 0.15) is 42.2 Å². The molecule has 0 spiro atoms. The van der Waals surface area contributed by atoms with Crippen molar-refractivity contribution in [3.05, 3.63) is 59.8 Å². The summed E-state index contributed by atoms with van der Waals surface area (Å²) in [7, 11) is 1.72. The number of likely N-dealkylation sites (N-methyl/N-ethyl adjacent to an activating group) is 1. The van der Waals surface area contributed by atoms with E-state index in [2.05, 4.69) is 32.6 Å². The average Bonchev–Trinajstić information content (AvgIpc) is 3.44. The minimum atomic E-state index is -1.11. The van der Waals surface area contributed by atoms with E-state index >= 15 is 0 Å². The standard InChI is InChI=1S/C20H23N7O2/c1-25-16-7-10-21-26(16)12-9-15(20(25)29)22-19(28)17-23-18-14(8-11-27(18)24-17)13-5-3-2-4-6-13/h2-7,10,14-15,19,22,28H,8-9,11-12H2,1H3/t14?,15-,19?/m0/s1. The predicted molar refractivity (Wildman–Crippen MR) is 105 cm³/mol. The lowest BCUT2D eigenvalue weighted by Gasteiger charge is -2.22. The van der Waals surface area contributed by atoms with Gasteiger partial charge in [-0.05, 0) is 18.4 Å². The highest BCUT2D eigenvalue weighted by molar-refractivity contribution is 5.96.